The normalized spacial score (nSPS) is 31.1. The fraction of sp³-hybridized carbons (Fsp3) is 0.517. The first-order valence-electron chi connectivity index (χ1n) is 13.3. The number of nitrogens with zero attached hydrogens (tertiary/aromatic N) is 2. The summed E-state index contributed by atoms with van der Waals surface area (Å²) in [7, 11) is 0. The third-order valence-electron chi connectivity index (χ3n) is 9.24. The van der Waals surface area contributed by atoms with E-state index in [0.717, 1.165) is 71.0 Å². The number of para-hydroxylation sites is 2. The minimum Gasteiger partial charge on any atom is -0.353 e. The number of urea groups is 1. The molecule has 2 aliphatic heterocycles. The SMILES string of the molecule is O=C(N1CCC(NC(=O)C23CC4CC(CC(C4)C2)C3)CC1)N1c2ccccc2Sc2ccccc21. The number of nitrogens with one attached hydrogen (secondary N) is 1. The Morgan fingerprint density at radius 2 is 1.31 bits per heavy atom. The van der Waals surface area contributed by atoms with Gasteiger partial charge in [-0.05, 0) is 93.4 Å². The fourth-order valence-electron chi connectivity index (χ4n) is 7.99. The molecule has 6 aliphatic rings. The van der Waals surface area contributed by atoms with E-state index in [2.05, 4.69) is 17.4 Å². The first-order chi connectivity index (χ1) is 17.1. The Hall–Kier alpha value is -2.47. The Morgan fingerprint density at radius 3 is 1.86 bits per heavy atom. The summed E-state index contributed by atoms with van der Waals surface area (Å²) in [6, 6.07) is 16.5. The standard InChI is InChI=1S/C29H33N3O2S/c33-27(29-16-19-13-20(17-29)15-21(14-19)18-29)30-22-9-11-31(12-10-22)28(34)32-23-5-1-3-7-25(23)35-26-8-4-2-6-24(26)32/h1-8,19-22H,9-18H2,(H,30,33). The molecule has 4 saturated carbocycles. The predicted molar refractivity (Wildman–Crippen MR) is 138 cm³/mol. The average molecular weight is 488 g/mol. The Morgan fingerprint density at radius 1 is 0.800 bits per heavy atom. The molecule has 8 rings (SSSR count). The molecule has 4 bridgehead atoms. The highest BCUT2D eigenvalue weighted by Crippen LogP contribution is 2.60. The second kappa shape index (κ2) is 8.29. The summed E-state index contributed by atoms with van der Waals surface area (Å²) in [6.07, 6.45) is 9.04. The van der Waals surface area contributed by atoms with Gasteiger partial charge in [-0.15, -0.1) is 0 Å². The number of rotatable bonds is 2. The molecular weight excluding hydrogens is 454 g/mol. The van der Waals surface area contributed by atoms with Crippen molar-refractivity contribution in [2.24, 2.45) is 23.2 Å². The molecule has 0 spiro atoms. The van der Waals surface area contributed by atoms with Crippen molar-refractivity contribution in [2.45, 2.75) is 67.2 Å². The van der Waals surface area contributed by atoms with Crippen LogP contribution in [0.3, 0.4) is 0 Å². The molecule has 6 heteroatoms. The number of anilines is 2. The molecule has 0 atom stereocenters. The number of benzene rings is 2. The van der Waals surface area contributed by atoms with Crippen LogP contribution in [-0.4, -0.2) is 36.0 Å². The highest BCUT2D eigenvalue weighted by Gasteiger charge is 2.54. The highest BCUT2D eigenvalue weighted by atomic mass is 32.2. The lowest BCUT2D eigenvalue weighted by Crippen LogP contribution is -2.57. The van der Waals surface area contributed by atoms with Gasteiger partial charge in [0.2, 0.25) is 5.91 Å². The van der Waals surface area contributed by atoms with Gasteiger partial charge >= 0.3 is 6.03 Å². The number of hydrogen-bond acceptors (Lipinski definition) is 3. The van der Waals surface area contributed by atoms with Crippen LogP contribution in [0.25, 0.3) is 0 Å². The van der Waals surface area contributed by atoms with Crippen molar-refractivity contribution in [3.05, 3.63) is 48.5 Å². The lowest BCUT2D eigenvalue weighted by Gasteiger charge is -2.56. The molecule has 2 aromatic carbocycles. The Labute approximate surface area is 211 Å². The molecule has 5 fully saturated rings. The second-order valence-electron chi connectivity index (χ2n) is 11.6. The topological polar surface area (TPSA) is 52.7 Å². The summed E-state index contributed by atoms with van der Waals surface area (Å²) in [5.41, 5.74) is 1.82. The minimum atomic E-state index is -0.0966. The maximum absolute atomic E-state index is 13.8. The number of carbonyl (C=O) groups is 2. The lowest BCUT2D eigenvalue weighted by molar-refractivity contribution is -0.147. The van der Waals surface area contributed by atoms with Gasteiger partial charge in [0.15, 0.2) is 0 Å². The van der Waals surface area contributed by atoms with E-state index >= 15 is 0 Å². The summed E-state index contributed by atoms with van der Waals surface area (Å²) in [5, 5.41) is 3.45. The fourth-order valence-corrected chi connectivity index (χ4v) is 9.05. The number of carbonyl (C=O) groups excluding carboxylic acids is 2. The molecule has 1 N–H and O–H groups in total. The molecule has 2 aromatic rings. The van der Waals surface area contributed by atoms with Gasteiger partial charge in [0, 0.05) is 34.3 Å². The van der Waals surface area contributed by atoms with Crippen LogP contribution in [-0.2, 0) is 4.79 Å². The van der Waals surface area contributed by atoms with E-state index in [9.17, 15) is 9.59 Å². The van der Waals surface area contributed by atoms with Gasteiger partial charge in [-0.2, -0.15) is 0 Å². The maximum atomic E-state index is 13.8. The second-order valence-corrected chi connectivity index (χ2v) is 12.7. The highest BCUT2D eigenvalue weighted by molar-refractivity contribution is 7.99. The van der Waals surface area contributed by atoms with E-state index in [0.29, 0.717) is 19.0 Å². The number of amides is 3. The molecular formula is C29H33N3O2S. The van der Waals surface area contributed by atoms with Crippen LogP contribution in [0.1, 0.15) is 51.4 Å². The van der Waals surface area contributed by atoms with Crippen LogP contribution in [0.4, 0.5) is 16.2 Å². The first kappa shape index (κ1) is 21.8. The third kappa shape index (κ3) is 3.67. The largest absolute Gasteiger partial charge is 0.353 e. The molecule has 4 aliphatic carbocycles. The van der Waals surface area contributed by atoms with E-state index in [4.69, 9.17) is 0 Å². The molecule has 35 heavy (non-hydrogen) atoms. The Bertz CT molecular complexity index is 1090. The smallest absolute Gasteiger partial charge is 0.329 e. The summed E-state index contributed by atoms with van der Waals surface area (Å²) in [4.78, 5) is 33.4. The summed E-state index contributed by atoms with van der Waals surface area (Å²) in [5.74, 6) is 2.65. The van der Waals surface area contributed by atoms with Crippen molar-refractivity contribution in [2.75, 3.05) is 18.0 Å². The van der Waals surface area contributed by atoms with E-state index < -0.39 is 0 Å². The molecule has 3 amide bonds. The van der Waals surface area contributed by atoms with Gasteiger partial charge in [-0.3, -0.25) is 9.69 Å². The van der Waals surface area contributed by atoms with Gasteiger partial charge in [-0.25, -0.2) is 4.79 Å². The van der Waals surface area contributed by atoms with Crippen molar-refractivity contribution in [3.63, 3.8) is 0 Å². The van der Waals surface area contributed by atoms with Crippen LogP contribution >= 0.6 is 11.8 Å². The number of hydrogen-bond donors (Lipinski definition) is 1. The lowest BCUT2D eigenvalue weighted by atomic mass is 9.49. The van der Waals surface area contributed by atoms with E-state index in [-0.39, 0.29) is 17.5 Å². The van der Waals surface area contributed by atoms with Crippen molar-refractivity contribution < 1.29 is 9.59 Å². The summed E-state index contributed by atoms with van der Waals surface area (Å²) < 4.78 is 0. The van der Waals surface area contributed by atoms with Crippen molar-refractivity contribution in [1.29, 1.82) is 0 Å². The van der Waals surface area contributed by atoms with E-state index in [1.54, 1.807) is 11.8 Å². The molecule has 0 radical (unpaired) electrons. The van der Waals surface area contributed by atoms with Crippen LogP contribution in [0.15, 0.2) is 58.3 Å². The number of likely N-dealkylation sites (tertiary alicyclic amines) is 1. The van der Waals surface area contributed by atoms with Gasteiger partial charge < -0.3 is 10.2 Å². The predicted octanol–water partition coefficient (Wildman–Crippen LogP) is 6.21. The Kier molecular flexibility index (Phi) is 5.16. The molecule has 0 unspecified atom stereocenters. The summed E-state index contributed by atoms with van der Waals surface area (Å²) >= 11 is 1.72. The minimum absolute atomic E-state index is 0.0380. The summed E-state index contributed by atoms with van der Waals surface area (Å²) in [6.45, 7) is 1.36. The molecule has 2 heterocycles. The van der Waals surface area contributed by atoms with Gasteiger partial charge in [-0.1, -0.05) is 36.0 Å². The first-order valence-corrected chi connectivity index (χ1v) is 14.2. The van der Waals surface area contributed by atoms with Crippen molar-refractivity contribution in [1.82, 2.24) is 10.2 Å². The zero-order valence-corrected chi connectivity index (χ0v) is 20.9. The molecule has 182 valence electrons. The molecule has 5 nitrogen and oxygen atoms in total. The molecule has 0 aromatic heterocycles. The van der Waals surface area contributed by atoms with Crippen LogP contribution in [0, 0.1) is 23.2 Å². The zero-order valence-electron chi connectivity index (χ0n) is 20.1. The van der Waals surface area contributed by atoms with Crippen molar-refractivity contribution in [3.8, 4) is 0 Å². The average Bonchev–Trinajstić information content (AvgIpc) is 2.86. The van der Waals surface area contributed by atoms with Crippen molar-refractivity contribution >= 4 is 35.1 Å². The zero-order chi connectivity index (χ0) is 23.6. The van der Waals surface area contributed by atoms with Gasteiger partial charge in [0.1, 0.15) is 0 Å². The van der Waals surface area contributed by atoms with Crippen LogP contribution < -0.4 is 10.2 Å². The van der Waals surface area contributed by atoms with E-state index in [1.807, 2.05) is 46.2 Å². The van der Waals surface area contributed by atoms with Gasteiger partial charge in [0.05, 0.1) is 11.4 Å². The monoisotopic (exact) mass is 487 g/mol. The Balaban J connectivity index is 1.03. The third-order valence-corrected chi connectivity index (χ3v) is 10.4. The van der Waals surface area contributed by atoms with Gasteiger partial charge in [0.25, 0.3) is 0 Å². The molecule has 1 saturated heterocycles. The van der Waals surface area contributed by atoms with Crippen LogP contribution in [0.2, 0.25) is 0 Å². The van der Waals surface area contributed by atoms with E-state index in [1.165, 1.54) is 19.3 Å². The van der Waals surface area contributed by atoms with Crippen LogP contribution in [0.5, 0.6) is 0 Å². The quantitative estimate of drug-likeness (QED) is 0.548. The number of piperidine rings is 1. The maximum Gasteiger partial charge on any atom is 0.329 e. The number of fused-ring (bicyclic) bond motifs is 2.